The van der Waals surface area contributed by atoms with Crippen LogP contribution in [0.2, 0.25) is 0 Å². The van der Waals surface area contributed by atoms with Crippen molar-refractivity contribution in [1.29, 1.82) is 0 Å². The quantitative estimate of drug-likeness (QED) is 0.889. The number of hydrogen-bond acceptors (Lipinski definition) is 2. The number of urea groups is 1. The Morgan fingerprint density at radius 3 is 2.76 bits per heavy atom. The van der Waals surface area contributed by atoms with Crippen LogP contribution in [0, 0.1) is 0 Å². The number of rotatable bonds is 5. The summed E-state index contributed by atoms with van der Waals surface area (Å²) in [6.07, 6.45) is 4.13. The van der Waals surface area contributed by atoms with Gasteiger partial charge in [-0.15, -0.1) is 0 Å². The van der Waals surface area contributed by atoms with Gasteiger partial charge in [0, 0.05) is 18.3 Å². The number of nitrogens with one attached hydrogen (secondary N) is 1. The summed E-state index contributed by atoms with van der Waals surface area (Å²) in [7, 11) is 0. The van der Waals surface area contributed by atoms with Crippen LogP contribution in [0.4, 0.5) is 19.3 Å². The van der Waals surface area contributed by atoms with Crippen molar-refractivity contribution >= 4 is 11.7 Å². The number of hydrogen-bond donors (Lipinski definition) is 1. The van der Waals surface area contributed by atoms with Gasteiger partial charge in [-0.3, -0.25) is 0 Å². The van der Waals surface area contributed by atoms with E-state index in [0.717, 1.165) is 32.2 Å². The molecule has 1 saturated heterocycles. The maximum atomic E-state index is 12.2. The third kappa shape index (κ3) is 4.31. The molecule has 1 heterocycles. The summed E-state index contributed by atoms with van der Waals surface area (Å²) < 4.78 is 28.4. The molecule has 0 bridgehead atoms. The van der Waals surface area contributed by atoms with Crippen LogP contribution < -0.4 is 10.1 Å². The third-order valence-corrected chi connectivity index (χ3v) is 3.59. The highest BCUT2D eigenvalue weighted by Crippen LogP contribution is 2.23. The lowest BCUT2D eigenvalue weighted by molar-refractivity contribution is -0.0498. The second kappa shape index (κ2) is 7.24. The zero-order chi connectivity index (χ0) is 15.2. The molecule has 2 rings (SSSR count). The molecule has 21 heavy (non-hydrogen) atoms. The normalized spacial score (nSPS) is 18.1. The average molecular weight is 298 g/mol. The Bertz CT molecular complexity index is 465. The van der Waals surface area contributed by atoms with E-state index in [2.05, 4.69) is 17.0 Å². The van der Waals surface area contributed by atoms with Crippen molar-refractivity contribution < 1.29 is 18.3 Å². The van der Waals surface area contributed by atoms with Gasteiger partial charge >= 0.3 is 12.6 Å². The largest absolute Gasteiger partial charge is 0.435 e. The molecular formula is C15H20F2N2O2. The molecule has 1 aliphatic rings. The predicted molar refractivity (Wildman–Crippen MR) is 76.7 cm³/mol. The molecule has 116 valence electrons. The molecule has 0 radical (unpaired) electrons. The molecule has 1 aromatic rings. The van der Waals surface area contributed by atoms with Crippen molar-refractivity contribution in [2.45, 2.75) is 45.3 Å². The number of ether oxygens (including phenoxy) is 1. The zero-order valence-electron chi connectivity index (χ0n) is 12.0. The van der Waals surface area contributed by atoms with E-state index >= 15 is 0 Å². The van der Waals surface area contributed by atoms with Crippen molar-refractivity contribution in [3.63, 3.8) is 0 Å². The summed E-state index contributed by atoms with van der Waals surface area (Å²) in [5.74, 6) is 0.0769. The van der Waals surface area contributed by atoms with Gasteiger partial charge in [0.2, 0.25) is 0 Å². The van der Waals surface area contributed by atoms with E-state index in [0.29, 0.717) is 11.7 Å². The van der Waals surface area contributed by atoms with Crippen molar-refractivity contribution in [1.82, 2.24) is 4.90 Å². The minimum absolute atomic E-state index is 0.0769. The fourth-order valence-electron chi connectivity index (χ4n) is 2.65. The molecule has 1 N–H and O–H groups in total. The Hall–Kier alpha value is -1.85. The van der Waals surface area contributed by atoms with Crippen molar-refractivity contribution in [3.05, 3.63) is 24.3 Å². The number of likely N-dealkylation sites (tertiary alicyclic amines) is 1. The molecule has 0 spiro atoms. The van der Waals surface area contributed by atoms with E-state index in [1.165, 1.54) is 12.1 Å². The fourth-order valence-corrected chi connectivity index (χ4v) is 2.65. The third-order valence-electron chi connectivity index (χ3n) is 3.59. The van der Waals surface area contributed by atoms with E-state index in [9.17, 15) is 13.6 Å². The van der Waals surface area contributed by atoms with E-state index in [4.69, 9.17) is 0 Å². The molecule has 1 atom stereocenters. The Labute approximate surface area is 123 Å². The lowest BCUT2D eigenvalue weighted by Gasteiger charge is -2.24. The maximum Gasteiger partial charge on any atom is 0.387 e. The molecule has 0 aliphatic carbocycles. The monoisotopic (exact) mass is 298 g/mol. The summed E-state index contributed by atoms with van der Waals surface area (Å²) in [4.78, 5) is 14.1. The maximum absolute atomic E-state index is 12.2. The van der Waals surface area contributed by atoms with Gasteiger partial charge in [0.15, 0.2) is 0 Å². The van der Waals surface area contributed by atoms with Crippen LogP contribution in [0.15, 0.2) is 24.3 Å². The van der Waals surface area contributed by atoms with Crippen LogP contribution in [0.3, 0.4) is 0 Å². The first-order valence-electron chi connectivity index (χ1n) is 7.22. The van der Waals surface area contributed by atoms with E-state index in [1.54, 1.807) is 12.1 Å². The minimum atomic E-state index is -2.84. The highest BCUT2D eigenvalue weighted by molar-refractivity contribution is 5.89. The SMILES string of the molecule is CCCC1CCCN1C(=O)Nc1ccc(OC(F)F)cc1. The standard InChI is InChI=1S/C15H20F2N2O2/c1-2-4-12-5-3-10-19(12)15(20)18-11-6-8-13(9-7-11)21-14(16)17/h6-9,12,14H,2-5,10H2,1H3,(H,18,20). The molecule has 1 aromatic carbocycles. The van der Waals surface area contributed by atoms with Crippen molar-refractivity contribution in [2.24, 2.45) is 0 Å². The van der Waals surface area contributed by atoms with Crippen LogP contribution in [0.1, 0.15) is 32.6 Å². The molecule has 0 saturated carbocycles. The zero-order valence-corrected chi connectivity index (χ0v) is 12.0. The molecule has 1 fully saturated rings. The molecule has 1 unspecified atom stereocenters. The number of carbonyl (C=O) groups is 1. The van der Waals surface area contributed by atoms with Gasteiger partial charge in [-0.2, -0.15) is 8.78 Å². The Morgan fingerprint density at radius 1 is 1.43 bits per heavy atom. The number of amides is 2. The number of benzene rings is 1. The molecule has 2 amide bonds. The molecule has 0 aromatic heterocycles. The Morgan fingerprint density at radius 2 is 2.14 bits per heavy atom. The second-order valence-corrected chi connectivity index (χ2v) is 5.11. The van der Waals surface area contributed by atoms with E-state index in [1.807, 2.05) is 4.90 Å². The first kappa shape index (κ1) is 15.5. The lowest BCUT2D eigenvalue weighted by atomic mass is 10.1. The van der Waals surface area contributed by atoms with Crippen LogP contribution in [-0.2, 0) is 0 Å². The smallest absolute Gasteiger partial charge is 0.387 e. The van der Waals surface area contributed by atoms with Gasteiger partial charge in [-0.25, -0.2) is 4.79 Å². The number of alkyl halides is 2. The molecule has 4 nitrogen and oxygen atoms in total. The summed E-state index contributed by atoms with van der Waals surface area (Å²) in [6, 6.07) is 6.11. The van der Waals surface area contributed by atoms with Crippen LogP contribution in [0.25, 0.3) is 0 Å². The Kier molecular flexibility index (Phi) is 5.36. The first-order valence-corrected chi connectivity index (χ1v) is 7.22. The van der Waals surface area contributed by atoms with Gasteiger partial charge in [0.25, 0.3) is 0 Å². The topological polar surface area (TPSA) is 41.6 Å². The van der Waals surface area contributed by atoms with Gasteiger partial charge in [-0.1, -0.05) is 13.3 Å². The molecule has 6 heteroatoms. The predicted octanol–water partition coefficient (Wildman–Crippen LogP) is 4.08. The lowest BCUT2D eigenvalue weighted by Crippen LogP contribution is -2.38. The Balaban J connectivity index is 1.93. The fraction of sp³-hybridized carbons (Fsp3) is 0.533. The summed E-state index contributed by atoms with van der Waals surface area (Å²) in [5.41, 5.74) is 0.573. The number of anilines is 1. The average Bonchev–Trinajstić information content (AvgIpc) is 2.89. The van der Waals surface area contributed by atoms with Gasteiger partial charge in [-0.05, 0) is 43.5 Å². The minimum Gasteiger partial charge on any atom is -0.435 e. The summed E-state index contributed by atoms with van der Waals surface area (Å²) >= 11 is 0. The highest BCUT2D eigenvalue weighted by atomic mass is 19.3. The number of nitrogens with zero attached hydrogens (tertiary/aromatic N) is 1. The number of carbonyl (C=O) groups excluding carboxylic acids is 1. The van der Waals surface area contributed by atoms with Crippen LogP contribution in [-0.4, -0.2) is 30.1 Å². The molecule has 1 aliphatic heterocycles. The first-order chi connectivity index (χ1) is 10.1. The number of halogens is 2. The van der Waals surface area contributed by atoms with E-state index < -0.39 is 6.61 Å². The second-order valence-electron chi connectivity index (χ2n) is 5.11. The van der Waals surface area contributed by atoms with Gasteiger partial charge < -0.3 is 15.0 Å². The van der Waals surface area contributed by atoms with Crippen LogP contribution >= 0.6 is 0 Å². The summed E-state index contributed by atoms with van der Waals surface area (Å²) in [6.45, 7) is 0.0315. The van der Waals surface area contributed by atoms with Gasteiger partial charge in [0.05, 0.1) is 0 Å². The van der Waals surface area contributed by atoms with Crippen molar-refractivity contribution in [2.75, 3.05) is 11.9 Å². The highest BCUT2D eigenvalue weighted by Gasteiger charge is 2.27. The van der Waals surface area contributed by atoms with E-state index in [-0.39, 0.29) is 11.8 Å². The molecular weight excluding hydrogens is 278 g/mol. The van der Waals surface area contributed by atoms with Crippen LogP contribution in [0.5, 0.6) is 5.75 Å². The summed E-state index contributed by atoms with van der Waals surface area (Å²) in [5, 5.41) is 2.80. The van der Waals surface area contributed by atoms with Gasteiger partial charge in [0.1, 0.15) is 5.75 Å². The van der Waals surface area contributed by atoms with Crippen molar-refractivity contribution in [3.8, 4) is 5.75 Å².